The quantitative estimate of drug-likeness (QED) is 0.441. The largest absolute Gasteiger partial charge is 0.385 e. The van der Waals surface area contributed by atoms with E-state index in [2.05, 4.69) is 17.1 Å². The summed E-state index contributed by atoms with van der Waals surface area (Å²) in [7, 11) is 1.71. The summed E-state index contributed by atoms with van der Waals surface area (Å²) in [6, 6.07) is 16.1. The van der Waals surface area contributed by atoms with Crippen LogP contribution in [0.2, 0.25) is 0 Å². The summed E-state index contributed by atoms with van der Waals surface area (Å²) in [5, 5.41) is 8.52. The van der Waals surface area contributed by atoms with Gasteiger partial charge in [0.2, 0.25) is 0 Å². The van der Waals surface area contributed by atoms with E-state index in [9.17, 15) is 0 Å². The van der Waals surface area contributed by atoms with Crippen molar-refractivity contribution in [1.29, 1.82) is 5.41 Å². The molecule has 0 saturated carbocycles. The highest BCUT2D eigenvalue weighted by Crippen LogP contribution is 2.22. The van der Waals surface area contributed by atoms with E-state index >= 15 is 0 Å². The van der Waals surface area contributed by atoms with Crippen molar-refractivity contribution in [2.24, 2.45) is 0 Å². The number of benzene rings is 2. The second-order valence-corrected chi connectivity index (χ2v) is 7.49. The molecule has 26 heavy (non-hydrogen) atoms. The van der Waals surface area contributed by atoms with Crippen LogP contribution in [-0.4, -0.2) is 23.3 Å². The Balaban J connectivity index is 0.000000193. The summed E-state index contributed by atoms with van der Waals surface area (Å²) in [5.74, 6) is 0. The molecule has 4 aromatic rings. The lowest BCUT2D eigenvalue weighted by molar-refractivity contribution is 0.190. The van der Waals surface area contributed by atoms with Gasteiger partial charge >= 0.3 is 0 Å². The number of thiazole rings is 2. The summed E-state index contributed by atoms with van der Waals surface area (Å²) in [6.07, 6.45) is 0.952. The van der Waals surface area contributed by atoms with Crippen LogP contribution in [0.3, 0.4) is 0 Å². The number of fused-ring (bicyclic) bond motifs is 2. The molecule has 2 heterocycles. The summed E-state index contributed by atoms with van der Waals surface area (Å²) in [4.78, 5) is 4.73. The number of rotatable bonds is 4. The second-order valence-electron chi connectivity index (χ2n) is 5.39. The van der Waals surface area contributed by atoms with E-state index in [1.54, 1.807) is 7.11 Å². The second kappa shape index (κ2) is 9.82. The number of ether oxygens (including phenoxy) is 1. The molecule has 0 bridgehead atoms. The zero-order valence-corrected chi connectivity index (χ0v) is 17.7. The number of halogens is 1. The number of nitrogens with two attached hydrogens (primary N) is 1. The summed E-state index contributed by atoms with van der Waals surface area (Å²) in [5.41, 5.74) is 7.64. The molecule has 0 amide bonds. The maximum absolute atomic E-state index is 7.88. The van der Waals surface area contributed by atoms with Gasteiger partial charge in [-0.2, -0.15) is 0 Å². The van der Waals surface area contributed by atoms with Gasteiger partial charge in [-0.25, -0.2) is 4.98 Å². The van der Waals surface area contributed by atoms with Gasteiger partial charge in [-0.05, 0) is 30.7 Å². The lowest BCUT2D eigenvalue weighted by Gasteiger charge is -2.03. The Bertz CT molecular complexity index is 992. The van der Waals surface area contributed by atoms with E-state index in [-0.39, 0.29) is 17.0 Å². The van der Waals surface area contributed by atoms with Gasteiger partial charge in [-0.1, -0.05) is 46.9 Å². The first kappa shape index (κ1) is 20.6. The average molecular weight is 453 g/mol. The number of aryl methyl sites for hydroxylation is 1. The maximum atomic E-state index is 7.88. The normalized spacial score (nSPS) is 10.3. The highest BCUT2D eigenvalue weighted by Gasteiger charge is 2.03. The van der Waals surface area contributed by atoms with E-state index in [0.717, 1.165) is 35.3 Å². The maximum Gasteiger partial charge on any atom is 0.182 e. The van der Waals surface area contributed by atoms with E-state index < -0.39 is 0 Å². The van der Waals surface area contributed by atoms with Crippen LogP contribution in [0.4, 0.5) is 5.13 Å². The molecule has 0 aliphatic rings. The molecule has 0 spiro atoms. The van der Waals surface area contributed by atoms with Gasteiger partial charge in [-0.15, -0.1) is 17.0 Å². The Hall–Kier alpha value is -1.74. The summed E-state index contributed by atoms with van der Waals surface area (Å²) in [6.45, 7) is 1.60. The number of nitrogens with zero attached hydrogens (tertiary/aromatic N) is 2. The Morgan fingerprint density at radius 2 is 1.77 bits per heavy atom. The van der Waals surface area contributed by atoms with Gasteiger partial charge in [0.05, 0.1) is 20.4 Å². The van der Waals surface area contributed by atoms with Crippen LogP contribution in [-0.2, 0) is 11.3 Å². The van der Waals surface area contributed by atoms with Crippen molar-refractivity contribution in [2.75, 3.05) is 19.5 Å². The van der Waals surface area contributed by atoms with Gasteiger partial charge in [0.25, 0.3) is 0 Å². The number of para-hydroxylation sites is 2. The fraction of sp³-hybridized carbons (Fsp3) is 0.222. The number of hydrogen-bond donors (Lipinski definition) is 2. The number of nitrogens with one attached hydrogen (secondary N) is 1. The van der Waals surface area contributed by atoms with E-state index in [4.69, 9.17) is 15.9 Å². The molecule has 0 unspecified atom stereocenters. The molecular formula is C18H21BrN4OS2. The Kier molecular flexibility index (Phi) is 7.77. The van der Waals surface area contributed by atoms with Crippen molar-refractivity contribution in [3.8, 4) is 0 Å². The molecule has 0 aliphatic heterocycles. The van der Waals surface area contributed by atoms with Crippen LogP contribution in [0.5, 0.6) is 0 Å². The number of methoxy groups -OCH3 is 1. The molecular weight excluding hydrogens is 432 g/mol. The lowest BCUT2D eigenvalue weighted by atomic mass is 10.3. The smallest absolute Gasteiger partial charge is 0.182 e. The van der Waals surface area contributed by atoms with Crippen LogP contribution in [0.25, 0.3) is 20.4 Å². The molecule has 138 valence electrons. The Labute approximate surface area is 170 Å². The molecule has 0 radical (unpaired) electrons. The van der Waals surface area contributed by atoms with Gasteiger partial charge < -0.3 is 15.0 Å². The van der Waals surface area contributed by atoms with E-state index in [1.807, 2.05) is 41.0 Å². The average Bonchev–Trinajstić information content (AvgIpc) is 3.14. The van der Waals surface area contributed by atoms with Crippen LogP contribution in [0, 0.1) is 5.41 Å². The third kappa shape index (κ3) is 4.91. The highest BCUT2D eigenvalue weighted by atomic mass is 79.9. The van der Waals surface area contributed by atoms with E-state index in [1.165, 1.54) is 27.4 Å². The fourth-order valence-corrected chi connectivity index (χ4v) is 4.19. The number of hydrogen-bond acceptors (Lipinski definition) is 6. The predicted molar refractivity (Wildman–Crippen MR) is 117 cm³/mol. The minimum atomic E-state index is 0. The number of anilines is 1. The minimum absolute atomic E-state index is 0. The third-order valence-corrected chi connectivity index (χ3v) is 5.49. The molecule has 0 aliphatic carbocycles. The first-order valence-electron chi connectivity index (χ1n) is 7.92. The van der Waals surface area contributed by atoms with Crippen LogP contribution < -0.4 is 10.5 Å². The standard InChI is InChI=1S/C11H14N2OS.C7H6N2S.BrH/c1-14-8-4-7-13-9-5-2-3-6-10(9)15-11(13)12;8-7-9-5-3-1-2-4-6(5)10-7;/h2-3,5-6,12H,4,7-8H2,1H3;1-4H,(H2,8,9);1H. The van der Waals surface area contributed by atoms with Crippen LogP contribution in [0.15, 0.2) is 48.5 Å². The predicted octanol–water partition coefficient (Wildman–Crippen LogP) is 4.68. The van der Waals surface area contributed by atoms with Crippen molar-refractivity contribution in [3.63, 3.8) is 0 Å². The SMILES string of the molecule is Br.COCCCn1c(=N)sc2ccccc21.Nc1nc2ccccc2s1. The van der Waals surface area contributed by atoms with E-state index in [0.29, 0.717) is 9.93 Å². The molecule has 5 nitrogen and oxygen atoms in total. The van der Waals surface area contributed by atoms with Gasteiger partial charge in [0, 0.05) is 20.3 Å². The van der Waals surface area contributed by atoms with Crippen LogP contribution in [0.1, 0.15) is 6.42 Å². The Morgan fingerprint density at radius 1 is 1.08 bits per heavy atom. The van der Waals surface area contributed by atoms with Gasteiger partial charge in [0.15, 0.2) is 9.93 Å². The molecule has 0 saturated heterocycles. The summed E-state index contributed by atoms with van der Waals surface area (Å²) < 4.78 is 9.39. The molecule has 0 atom stereocenters. The van der Waals surface area contributed by atoms with Crippen molar-refractivity contribution < 1.29 is 4.74 Å². The Morgan fingerprint density at radius 3 is 2.50 bits per heavy atom. The summed E-state index contributed by atoms with van der Waals surface area (Å²) >= 11 is 3.04. The van der Waals surface area contributed by atoms with Crippen molar-refractivity contribution in [3.05, 3.63) is 53.3 Å². The molecule has 8 heteroatoms. The first-order chi connectivity index (χ1) is 12.2. The zero-order chi connectivity index (χ0) is 17.6. The zero-order valence-electron chi connectivity index (χ0n) is 14.3. The number of aromatic nitrogens is 2. The lowest BCUT2D eigenvalue weighted by Crippen LogP contribution is -2.14. The molecule has 2 aromatic heterocycles. The molecule has 2 aromatic carbocycles. The molecule has 4 rings (SSSR count). The van der Waals surface area contributed by atoms with Crippen molar-refractivity contribution in [2.45, 2.75) is 13.0 Å². The highest BCUT2D eigenvalue weighted by molar-refractivity contribution is 8.93. The van der Waals surface area contributed by atoms with Crippen molar-refractivity contribution >= 4 is 65.2 Å². The van der Waals surface area contributed by atoms with Gasteiger partial charge in [-0.3, -0.25) is 5.41 Å². The van der Waals surface area contributed by atoms with Gasteiger partial charge in [0.1, 0.15) is 0 Å². The van der Waals surface area contributed by atoms with Crippen molar-refractivity contribution in [1.82, 2.24) is 9.55 Å². The monoisotopic (exact) mass is 452 g/mol. The third-order valence-electron chi connectivity index (χ3n) is 3.65. The topological polar surface area (TPSA) is 76.9 Å². The number of nitrogen functional groups attached to an aromatic ring is 1. The molecule has 0 fully saturated rings. The van der Waals surface area contributed by atoms with Crippen LogP contribution >= 0.6 is 39.7 Å². The fourth-order valence-electron chi connectivity index (χ4n) is 2.51. The first-order valence-corrected chi connectivity index (χ1v) is 9.55. The molecule has 3 N–H and O–H groups in total. The minimum Gasteiger partial charge on any atom is -0.385 e.